The summed E-state index contributed by atoms with van der Waals surface area (Å²) in [6.45, 7) is 1.23. The third-order valence-corrected chi connectivity index (χ3v) is 5.50. The van der Waals surface area contributed by atoms with E-state index in [0.29, 0.717) is 12.1 Å². The van der Waals surface area contributed by atoms with Crippen LogP contribution in [0.4, 0.5) is 17.6 Å². The van der Waals surface area contributed by atoms with Gasteiger partial charge >= 0.3 is 12.1 Å². The van der Waals surface area contributed by atoms with Crippen LogP contribution in [0.15, 0.2) is 18.2 Å². The Labute approximate surface area is 173 Å². The van der Waals surface area contributed by atoms with Crippen molar-refractivity contribution in [3.05, 3.63) is 35.1 Å². The highest BCUT2D eigenvalue weighted by Gasteiger charge is 2.68. The fraction of sp³-hybridized carbons (Fsp3) is 0.529. The molecule has 0 heterocycles. The number of alkyl halides is 5. The first-order valence-electron chi connectivity index (χ1n) is 8.31. The van der Waals surface area contributed by atoms with Crippen LogP contribution in [0.25, 0.3) is 0 Å². The van der Waals surface area contributed by atoms with Crippen LogP contribution in [0.2, 0.25) is 0 Å². The molecule has 1 amide bonds. The first-order valence-corrected chi connectivity index (χ1v) is 9.07. The average Bonchev–Trinajstić information content (AvgIpc) is 3.13. The van der Waals surface area contributed by atoms with E-state index < -0.39 is 57.2 Å². The molecule has 0 radical (unpaired) electrons. The van der Waals surface area contributed by atoms with Gasteiger partial charge in [-0.3, -0.25) is 15.3 Å². The van der Waals surface area contributed by atoms with Crippen molar-refractivity contribution in [1.82, 2.24) is 0 Å². The third kappa shape index (κ3) is 5.11. The molecule has 4 atom stereocenters. The highest BCUT2D eigenvalue weighted by molar-refractivity contribution is 6.53. The van der Waals surface area contributed by atoms with Crippen molar-refractivity contribution in [1.29, 1.82) is 0 Å². The smallest absolute Gasteiger partial charge is 0.419 e. The summed E-state index contributed by atoms with van der Waals surface area (Å²) in [5, 5.41) is 9.63. The standard InChI is InChI=1S/C17H18Cl2F4N2O4/c1-7(5-15(25,28)14(24)27)6-29-13(26)12-11(16(12,18)19)8-2-3-10(20)9(4-8)17(21,22)23/h2-4,7,11-12,28H,5-6,25H2,1H3,(H2,24,27)/t7?,11-,12+,15?/m0/s1. The van der Waals surface area contributed by atoms with Gasteiger partial charge in [-0.1, -0.05) is 36.2 Å². The van der Waals surface area contributed by atoms with Crippen LogP contribution >= 0.6 is 23.2 Å². The summed E-state index contributed by atoms with van der Waals surface area (Å²) < 4.78 is 55.5. The number of esters is 1. The molecule has 1 aliphatic rings. The zero-order chi connectivity index (χ0) is 22.4. The Kier molecular flexibility index (Phi) is 6.44. The van der Waals surface area contributed by atoms with Gasteiger partial charge in [0.25, 0.3) is 5.91 Å². The number of rotatable bonds is 7. The van der Waals surface area contributed by atoms with Gasteiger partial charge in [0, 0.05) is 12.3 Å². The Bertz CT molecular complexity index is 817. The van der Waals surface area contributed by atoms with E-state index in [9.17, 15) is 32.3 Å². The molecule has 2 rings (SSSR count). The van der Waals surface area contributed by atoms with E-state index in [1.165, 1.54) is 6.92 Å². The molecule has 0 bridgehead atoms. The van der Waals surface area contributed by atoms with Crippen molar-refractivity contribution in [2.45, 2.75) is 35.5 Å². The molecule has 2 unspecified atom stereocenters. The molecule has 1 saturated carbocycles. The second kappa shape index (κ2) is 7.90. The molecule has 6 nitrogen and oxygen atoms in total. The van der Waals surface area contributed by atoms with Crippen molar-refractivity contribution >= 4 is 35.1 Å². The van der Waals surface area contributed by atoms with Crippen LogP contribution < -0.4 is 11.5 Å². The molecule has 162 valence electrons. The summed E-state index contributed by atoms with van der Waals surface area (Å²) in [4.78, 5) is 23.3. The fourth-order valence-corrected chi connectivity index (χ4v) is 3.80. The van der Waals surface area contributed by atoms with Crippen LogP contribution in [0.5, 0.6) is 0 Å². The number of hydrogen-bond acceptors (Lipinski definition) is 5. The van der Waals surface area contributed by atoms with Crippen LogP contribution in [-0.4, -0.2) is 33.6 Å². The number of benzene rings is 1. The maximum Gasteiger partial charge on any atom is 0.419 e. The predicted molar refractivity (Wildman–Crippen MR) is 95.1 cm³/mol. The lowest BCUT2D eigenvalue weighted by atomic mass is 9.99. The van der Waals surface area contributed by atoms with Crippen molar-refractivity contribution in [3.8, 4) is 0 Å². The van der Waals surface area contributed by atoms with Gasteiger partial charge in [0.15, 0.2) is 5.72 Å². The Morgan fingerprint density at radius 3 is 2.45 bits per heavy atom. The van der Waals surface area contributed by atoms with Crippen molar-refractivity contribution in [2.75, 3.05) is 6.61 Å². The van der Waals surface area contributed by atoms with Gasteiger partial charge in [-0.25, -0.2) is 4.39 Å². The molecule has 0 aromatic heterocycles. The van der Waals surface area contributed by atoms with Gasteiger partial charge in [0.2, 0.25) is 0 Å². The first-order chi connectivity index (χ1) is 13.1. The highest BCUT2D eigenvalue weighted by Crippen LogP contribution is 2.65. The zero-order valence-corrected chi connectivity index (χ0v) is 16.5. The van der Waals surface area contributed by atoms with Gasteiger partial charge in [0.1, 0.15) is 16.1 Å². The lowest BCUT2D eigenvalue weighted by molar-refractivity contribution is -0.148. The summed E-state index contributed by atoms with van der Waals surface area (Å²) >= 11 is 12.1. The number of carbonyl (C=O) groups excluding carboxylic acids is 2. The minimum atomic E-state index is -4.93. The molecule has 1 aromatic carbocycles. The molecular weight excluding hydrogens is 443 g/mol. The molecule has 0 spiro atoms. The van der Waals surface area contributed by atoms with Gasteiger partial charge in [-0.2, -0.15) is 13.2 Å². The number of nitrogens with two attached hydrogens (primary N) is 2. The Balaban J connectivity index is 2.07. The van der Waals surface area contributed by atoms with Gasteiger partial charge in [-0.05, 0) is 23.6 Å². The number of carbonyl (C=O) groups is 2. The Morgan fingerprint density at radius 2 is 1.93 bits per heavy atom. The Morgan fingerprint density at radius 1 is 1.34 bits per heavy atom. The van der Waals surface area contributed by atoms with E-state index in [-0.39, 0.29) is 18.6 Å². The third-order valence-electron chi connectivity index (χ3n) is 4.56. The summed E-state index contributed by atoms with van der Waals surface area (Å²) in [6, 6.07) is 2.24. The minimum Gasteiger partial charge on any atom is -0.465 e. The summed E-state index contributed by atoms with van der Waals surface area (Å²) in [7, 11) is 0. The van der Waals surface area contributed by atoms with E-state index in [1.807, 2.05) is 0 Å². The summed E-state index contributed by atoms with van der Waals surface area (Å²) in [5.41, 5.74) is 6.40. The maximum absolute atomic E-state index is 13.5. The van der Waals surface area contributed by atoms with E-state index >= 15 is 0 Å². The summed E-state index contributed by atoms with van der Waals surface area (Å²) in [6.07, 6.45) is -5.23. The van der Waals surface area contributed by atoms with E-state index in [1.54, 1.807) is 0 Å². The number of halogens is 6. The number of hydrogen-bond donors (Lipinski definition) is 3. The topological polar surface area (TPSA) is 116 Å². The van der Waals surface area contributed by atoms with Crippen molar-refractivity contribution in [2.24, 2.45) is 23.3 Å². The largest absolute Gasteiger partial charge is 0.465 e. The lowest BCUT2D eigenvalue weighted by Gasteiger charge is -2.22. The first kappa shape index (κ1) is 23.7. The molecule has 0 aliphatic heterocycles. The van der Waals surface area contributed by atoms with E-state index in [0.717, 1.165) is 6.07 Å². The Hall–Kier alpha value is -1.62. The normalized spacial score (nSPS) is 23.8. The highest BCUT2D eigenvalue weighted by atomic mass is 35.5. The lowest BCUT2D eigenvalue weighted by Crippen LogP contribution is -2.53. The molecule has 1 aromatic rings. The minimum absolute atomic E-state index is 0.0659. The molecule has 5 N–H and O–H groups in total. The molecule has 1 aliphatic carbocycles. The van der Waals surface area contributed by atoms with Gasteiger partial charge < -0.3 is 15.6 Å². The van der Waals surface area contributed by atoms with Crippen LogP contribution in [0.1, 0.15) is 30.4 Å². The van der Waals surface area contributed by atoms with Crippen LogP contribution in [0.3, 0.4) is 0 Å². The van der Waals surface area contributed by atoms with Crippen molar-refractivity contribution < 1.29 is 37.0 Å². The van der Waals surface area contributed by atoms with Crippen molar-refractivity contribution in [3.63, 3.8) is 0 Å². The summed E-state index contributed by atoms with van der Waals surface area (Å²) in [5.74, 6) is -6.32. The molecule has 12 heteroatoms. The van der Waals surface area contributed by atoms with E-state index in [2.05, 4.69) is 0 Å². The average molecular weight is 461 g/mol. The molecule has 29 heavy (non-hydrogen) atoms. The second-order valence-electron chi connectivity index (χ2n) is 7.09. The van der Waals surface area contributed by atoms with Gasteiger partial charge in [0.05, 0.1) is 12.2 Å². The number of amides is 1. The predicted octanol–water partition coefficient (Wildman–Crippen LogP) is 2.43. The second-order valence-corrected chi connectivity index (χ2v) is 8.54. The SMILES string of the molecule is CC(COC(=O)[C@H]1[C@H](c2ccc(F)c(C(F)(F)F)c2)C1(Cl)Cl)CC(N)(O)C(N)=O. The van der Waals surface area contributed by atoms with Crippen LogP contribution in [0, 0.1) is 17.7 Å². The maximum atomic E-state index is 13.5. The van der Waals surface area contributed by atoms with Crippen LogP contribution in [-0.2, 0) is 20.5 Å². The number of aliphatic hydroxyl groups is 1. The molecule has 1 fully saturated rings. The fourth-order valence-electron chi connectivity index (χ4n) is 2.99. The molecule has 0 saturated heterocycles. The van der Waals surface area contributed by atoms with Gasteiger partial charge in [-0.15, -0.1) is 0 Å². The molecular formula is C17H18Cl2F4N2O4. The zero-order valence-electron chi connectivity index (χ0n) is 15.0. The number of primary amides is 1. The van der Waals surface area contributed by atoms with E-state index in [4.69, 9.17) is 39.4 Å². The number of ether oxygens (including phenoxy) is 1. The monoisotopic (exact) mass is 460 g/mol. The quantitative estimate of drug-likeness (QED) is 0.250.